The minimum Gasteiger partial charge on any atom is -0.388 e. The molecule has 0 aliphatic rings. The van der Waals surface area contributed by atoms with Crippen molar-refractivity contribution in [3.05, 3.63) is 35.6 Å². The van der Waals surface area contributed by atoms with Crippen molar-refractivity contribution in [3.8, 4) is 0 Å². The van der Waals surface area contributed by atoms with Crippen LogP contribution in [0.15, 0.2) is 29.3 Å². The molecular formula is C9H11FN2. The molecule has 0 saturated carbocycles. The van der Waals surface area contributed by atoms with Crippen LogP contribution in [0.2, 0.25) is 0 Å². The van der Waals surface area contributed by atoms with E-state index >= 15 is 0 Å². The molecule has 0 aliphatic carbocycles. The van der Waals surface area contributed by atoms with Gasteiger partial charge in [0.1, 0.15) is 5.82 Å². The lowest BCUT2D eigenvalue weighted by Crippen LogP contribution is -2.05. The second-order valence-corrected chi connectivity index (χ2v) is 2.55. The number of aliphatic imine (C=N–C) groups is 1. The first-order chi connectivity index (χ1) is 5.70. The van der Waals surface area contributed by atoms with Crippen molar-refractivity contribution >= 4 is 5.84 Å². The van der Waals surface area contributed by atoms with E-state index in [1.807, 2.05) is 0 Å². The third-order valence-corrected chi connectivity index (χ3v) is 1.46. The van der Waals surface area contributed by atoms with Gasteiger partial charge in [0.25, 0.3) is 0 Å². The van der Waals surface area contributed by atoms with E-state index in [-0.39, 0.29) is 5.82 Å². The molecule has 64 valence electrons. The first-order valence-electron chi connectivity index (χ1n) is 3.70. The summed E-state index contributed by atoms with van der Waals surface area (Å²) in [6.07, 6.45) is 0. The lowest BCUT2D eigenvalue weighted by molar-refractivity contribution is 0.611. The third-order valence-electron chi connectivity index (χ3n) is 1.46. The van der Waals surface area contributed by atoms with Crippen LogP contribution < -0.4 is 5.73 Å². The first kappa shape index (κ1) is 8.71. The molecule has 0 fully saturated rings. The fourth-order valence-electron chi connectivity index (χ4n) is 0.836. The summed E-state index contributed by atoms with van der Waals surface area (Å²) >= 11 is 0. The van der Waals surface area contributed by atoms with Gasteiger partial charge in [0.05, 0.1) is 12.4 Å². The fourth-order valence-corrected chi connectivity index (χ4v) is 0.836. The summed E-state index contributed by atoms with van der Waals surface area (Å²) < 4.78 is 12.9. The second-order valence-electron chi connectivity index (χ2n) is 2.55. The standard InChI is InChI=1S/C9H11FN2/c1-7(11)12-6-8-4-2-3-5-9(8)10/h2-5H,6H2,1H3,(H2,11,12). The van der Waals surface area contributed by atoms with Crippen LogP contribution in [0.3, 0.4) is 0 Å². The summed E-state index contributed by atoms with van der Waals surface area (Å²) in [5.41, 5.74) is 5.89. The van der Waals surface area contributed by atoms with Crippen LogP contribution in [0.25, 0.3) is 0 Å². The van der Waals surface area contributed by atoms with Gasteiger partial charge in [-0.3, -0.25) is 4.99 Å². The van der Waals surface area contributed by atoms with Crippen molar-refractivity contribution in [1.29, 1.82) is 0 Å². The Morgan fingerprint density at radius 2 is 2.17 bits per heavy atom. The summed E-state index contributed by atoms with van der Waals surface area (Å²) in [5.74, 6) is 0.237. The second kappa shape index (κ2) is 3.85. The number of hydrogen-bond acceptors (Lipinski definition) is 1. The average Bonchev–Trinajstić information content (AvgIpc) is 2.03. The van der Waals surface area contributed by atoms with Gasteiger partial charge in [0, 0.05) is 5.56 Å². The zero-order valence-electron chi connectivity index (χ0n) is 6.92. The molecule has 1 aromatic carbocycles. The van der Waals surface area contributed by atoms with Crippen molar-refractivity contribution in [3.63, 3.8) is 0 Å². The quantitative estimate of drug-likeness (QED) is 0.527. The highest BCUT2D eigenvalue weighted by Crippen LogP contribution is 2.06. The zero-order valence-corrected chi connectivity index (χ0v) is 6.92. The number of nitrogens with two attached hydrogens (primary N) is 1. The summed E-state index contributed by atoms with van der Waals surface area (Å²) in [7, 11) is 0. The third kappa shape index (κ3) is 2.34. The molecule has 2 N–H and O–H groups in total. The van der Waals surface area contributed by atoms with Gasteiger partial charge >= 0.3 is 0 Å². The molecule has 0 radical (unpaired) electrons. The van der Waals surface area contributed by atoms with E-state index in [0.29, 0.717) is 17.9 Å². The number of halogens is 1. The largest absolute Gasteiger partial charge is 0.388 e. The molecule has 1 aromatic rings. The van der Waals surface area contributed by atoms with Crippen LogP contribution in [0, 0.1) is 5.82 Å². The lowest BCUT2D eigenvalue weighted by atomic mass is 10.2. The van der Waals surface area contributed by atoms with Crippen molar-refractivity contribution in [1.82, 2.24) is 0 Å². The van der Waals surface area contributed by atoms with E-state index < -0.39 is 0 Å². The molecule has 3 heteroatoms. The van der Waals surface area contributed by atoms with E-state index in [9.17, 15) is 4.39 Å². The Kier molecular flexibility index (Phi) is 2.80. The molecule has 12 heavy (non-hydrogen) atoms. The predicted molar refractivity (Wildman–Crippen MR) is 47.4 cm³/mol. The van der Waals surface area contributed by atoms with E-state index in [1.165, 1.54) is 6.07 Å². The minimum atomic E-state index is -0.234. The predicted octanol–water partition coefficient (Wildman–Crippen LogP) is 1.70. The van der Waals surface area contributed by atoms with Crippen LogP contribution in [-0.4, -0.2) is 5.84 Å². The highest BCUT2D eigenvalue weighted by molar-refractivity contribution is 5.77. The molecule has 0 heterocycles. The van der Waals surface area contributed by atoms with Gasteiger partial charge in [0.15, 0.2) is 0 Å². The Morgan fingerprint density at radius 3 is 2.75 bits per heavy atom. The maximum Gasteiger partial charge on any atom is 0.128 e. The number of amidine groups is 1. The fraction of sp³-hybridized carbons (Fsp3) is 0.222. The van der Waals surface area contributed by atoms with E-state index in [1.54, 1.807) is 25.1 Å². The molecular weight excluding hydrogens is 155 g/mol. The Hall–Kier alpha value is -1.38. The Labute approximate surface area is 70.9 Å². The maximum atomic E-state index is 12.9. The van der Waals surface area contributed by atoms with Gasteiger partial charge in [0.2, 0.25) is 0 Å². The molecule has 0 aromatic heterocycles. The molecule has 0 aliphatic heterocycles. The van der Waals surface area contributed by atoms with Crippen LogP contribution in [0.1, 0.15) is 12.5 Å². The average molecular weight is 166 g/mol. The summed E-state index contributed by atoms with van der Waals surface area (Å²) in [5, 5.41) is 0. The van der Waals surface area contributed by atoms with Crippen LogP contribution in [0.5, 0.6) is 0 Å². The Bertz CT molecular complexity index is 290. The van der Waals surface area contributed by atoms with Crippen LogP contribution >= 0.6 is 0 Å². The Morgan fingerprint density at radius 1 is 1.50 bits per heavy atom. The van der Waals surface area contributed by atoms with Gasteiger partial charge in [-0.15, -0.1) is 0 Å². The van der Waals surface area contributed by atoms with Crippen molar-refractivity contribution in [2.45, 2.75) is 13.5 Å². The topological polar surface area (TPSA) is 38.4 Å². The maximum absolute atomic E-state index is 12.9. The summed E-state index contributed by atoms with van der Waals surface area (Å²) in [6.45, 7) is 2.00. The van der Waals surface area contributed by atoms with E-state index in [4.69, 9.17) is 5.73 Å². The number of nitrogens with zero attached hydrogens (tertiary/aromatic N) is 1. The van der Waals surface area contributed by atoms with Gasteiger partial charge in [-0.2, -0.15) is 0 Å². The molecule has 0 atom stereocenters. The highest BCUT2D eigenvalue weighted by Gasteiger charge is 1.97. The number of benzene rings is 1. The normalized spacial score (nSPS) is 11.7. The summed E-state index contributed by atoms with van der Waals surface area (Å²) in [6, 6.07) is 6.54. The summed E-state index contributed by atoms with van der Waals surface area (Å²) in [4.78, 5) is 3.91. The molecule has 0 amide bonds. The molecule has 2 nitrogen and oxygen atoms in total. The van der Waals surface area contributed by atoms with Gasteiger partial charge in [-0.25, -0.2) is 4.39 Å². The van der Waals surface area contributed by atoms with E-state index in [2.05, 4.69) is 4.99 Å². The van der Waals surface area contributed by atoms with Crippen LogP contribution in [-0.2, 0) is 6.54 Å². The van der Waals surface area contributed by atoms with Gasteiger partial charge in [-0.05, 0) is 13.0 Å². The number of hydrogen-bond donors (Lipinski definition) is 1. The van der Waals surface area contributed by atoms with Crippen molar-refractivity contribution in [2.75, 3.05) is 0 Å². The van der Waals surface area contributed by atoms with Gasteiger partial charge < -0.3 is 5.73 Å². The van der Waals surface area contributed by atoms with Gasteiger partial charge in [-0.1, -0.05) is 18.2 Å². The number of rotatable bonds is 2. The van der Waals surface area contributed by atoms with Crippen LogP contribution in [0.4, 0.5) is 4.39 Å². The molecule has 0 unspecified atom stereocenters. The highest BCUT2D eigenvalue weighted by atomic mass is 19.1. The monoisotopic (exact) mass is 166 g/mol. The molecule has 1 rings (SSSR count). The first-order valence-corrected chi connectivity index (χ1v) is 3.70. The molecule has 0 bridgehead atoms. The van der Waals surface area contributed by atoms with Crippen molar-refractivity contribution < 1.29 is 4.39 Å². The van der Waals surface area contributed by atoms with Crippen molar-refractivity contribution in [2.24, 2.45) is 10.7 Å². The molecule has 0 spiro atoms. The Balaban J connectivity index is 2.76. The lowest BCUT2D eigenvalue weighted by Gasteiger charge is -1.97. The minimum absolute atomic E-state index is 0.234. The smallest absolute Gasteiger partial charge is 0.128 e. The molecule has 0 saturated heterocycles. The van der Waals surface area contributed by atoms with E-state index in [0.717, 1.165) is 0 Å². The SMILES string of the molecule is CC(N)=NCc1ccccc1F. The zero-order chi connectivity index (χ0) is 8.97.